The summed E-state index contributed by atoms with van der Waals surface area (Å²) in [6, 6.07) is 10.7. The number of anilines is 2. The number of benzene rings is 2. The summed E-state index contributed by atoms with van der Waals surface area (Å²) in [6.45, 7) is 4.73. The highest BCUT2D eigenvalue weighted by molar-refractivity contribution is 5.93. The van der Waals surface area contributed by atoms with Gasteiger partial charge in [0.05, 0.1) is 5.69 Å². The lowest BCUT2D eigenvalue weighted by Crippen LogP contribution is -2.39. The first-order chi connectivity index (χ1) is 19.0. The van der Waals surface area contributed by atoms with E-state index in [1.165, 1.54) is 10.6 Å². The highest BCUT2D eigenvalue weighted by Gasteiger charge is 2.28. The van der Waals surface area contributed by atoms with Crippen molar-refractivity contribution >= 4 is 29.0 Å². The number of piperidine rings is 1. The molecule has 1 amide bonds. The van der Waals surface area contributed by atoms with Gasteiger partial charge in [-0.3, -0.25) is 9.59 Å². The summed E-state index contributed by atoms with van der Waals surface area (Å²) in [5.41, 5.74) is 3.42. The highest BCUT2D eigenvalue weighted by Crippen LogP contribution is 2.33. The van der Waals surface area contributed by atoms with Crippen molar-refractivity contribution in [3.05, 3.63) is 76.7 Å². The SMILES string of the molecule is Cc1cccc(C)c1N(C)c1cc(-c2cc(F)c(F)c(F)c2)nc2cc(C(=O)N3CCC(CC(=O)O)CC3)nn12. The summed E-state index contributed by atoms with van der Waals surface area (Å²) >= 11 is 0. The number of carboxylic acid groups (broad SMARTS) is 1. The third kappa shape index (κ3) is 5.11. The highest BCUT2D eigenvalue weighted by atomic mass is 19.2. The van der Waals surface area contributed by atoms with Crippen LogP contribution in [-0.4, -0.2) is 56.6 Å². The smallest absolute Gasteiger partial charge is 0.303 e. The molecule has 2 aromatic carbocycles. The van der Waals surface area contributed by atoms with Crippen molar-refractivity contribution in [1.82, 2.24) is 19.5 Å². The summed E-state index contributed by atoms with van der Waals surface area (Å²) < 4.78 is 43.4. The summed E-state index contributed by atoms with van der Waals surface area (Å²) in [6.07, 6.45) is 1.23. The number of para-hydroxylation sites is 1. The van der Waals surface area contributed by atoms with E-state index >= 15 is 0 Å². The molecular weight excluding hydrogens is 523 g/mol. The van der Waals surface area contributed by atoms with Gasteiger partial charge in [0.15, 0.2) is 28.8 Å². The molecule has 0 atom stereocenters. The average Bonchev–Trinajstić information content (AvgIpc) is 3.34. The van der Waals surface area contributed by atoms with Gasteiger partial charge in [0.1, 0.15) is 5.82 Å². The Morgan fingerprint density at radius 3 is 2.25 bits per heavy atom. The lowest BCUT2D eigenvalue weighted by Gasteiger charge is -2.30. The predicted octanol–water partition coefficient (Wildman–Crippen LogP) is 5.53. The van der Waals surface area contributed by atoms with Crippen LogP contribution in [0.15, 0.2) is 42.5 Å². The first kappa shape index (κ1) is 27.2. The van der Waals surface area contributed by atoms with Crippen LogP contribution in [-0.2, 0) is 4.79 Å². The second-order valence-electron chi connectivity index (χ2n) is 10.2. The van der Waals surface area contributed by atoms with E-state index in [0.717, 1.165) is 28.9 Å². The second-order valence-corrected chi connectivity index (χ2v) is 10.2. The van der Waals surface area contributed by atoms with Gasteiger partial charge in [-0.25, -0.2) is 18.2 Å². The topological polar surface area (TPSA) is 91.0 Å². The van der Waals surface area contributed by atoms with Crippen LogP contribution in [0.4, 0.5) is 24.7 Å². The molecule has 5 rings (SSSR count). The van der Waals surface area contributed by atoms with Crippen molar-refractivity contribution < 1.29 is 27.9 Å². The third-order valence-corrected chi connectivity index (χ3v) is 7.39. The van der Waals surface area contributed by atoms with Crippen LogP contribution in [0.5, 0.6) is 0 Å². The van der Waals surface area contributed by atoms with E-state index in [1.54, 1.807) is 11.0 Å². The molecule has 0 aliphatic carbocycles. The quantitative estimate of drug-likeness (QED) is 0.317. The molecule has 0 bridgehead atoms. The number of aliphatic carboxylic acids is 1. The molecule has 1 aliphatic heterocycles. The maximum Gasteiger partial charge on any atom is 0.303 e. The van der Waals surface area contributed by atoms with Gasteiger partial charge in [-0.1, -0.05) is 18.2 Å². The Hall–Kier alpha value is -4.41. The summed E-state index contributed by atoms with van der Waals surface area (Å²) in [4.78, 5) is 32.5. The van der Waals surface area contributed by atoms with Gasteiger partial charge >= 0.3 is 5.97 Å². The minimum absolute atomic E-state index is 0.0148. The Bertz CT molecular complexity index is 1590. The Morgan fingerprint density at radius 1 is 1.02 bits per heavy atom. The Kier molecular flexibility index (Phi) is 7.22. The summed E-state index contributed by atoms with van der Waals surface area (Å²) in [5, 5.41) is 13.6. The lowest BCUT2D eigenvalue weighted by atomic mass is 9.93. The van der Waals surface area contributed by atoms with Crippen LogP contribution in [0.1, 0.15) is 40.9 Å². The molecule has 8 nitrogen and oxygen atoms in total. The second kappa shape index (κ2) is 10.6. The molecule has 208 valence electrons. The molecule has 3 heterocycles. The fourth-order valence-corrected chi connectivity index (χ4v) is 5.35. The average molecular weight is 552 g/mol. The van der Waals surface area contributed by atoms with Crippen molar-refractivity contribution in [2.24, 2.45) is 5.92 Å². The van der Waals surface area contributed by atoms with Crippen LogP contribution < -0.4 is 4.90 Å². The van der Waals surface area contributed by atoms with Crippen LogP contribution in [0.25, 0.3) is 16.9 Å². The Morgan fingerprint density at radius 2 is 1.65 bits per heavy atom. The van der Waals surface area contributed by atoms with Crippen LogP contribution in [0.2, 0.25) is 0 Å². The molecule has 40 heavy (non-hydrogen) atoms. The number of fused-ring (bicyclic) bond motifs is 1. The zero-order chi connectivity index (χ0) is 28.7. The number of carboxylic acids is 1. The van der Waals surface area contributed by atoms with E-state index in [1.807, 2.05) is 44.0 Å². The van der Waals surface area contributed by atoms with Gasteiger partial charge < -0.3 is 14.9 Å². The number of aromatic nitrogens is 3. The molecule has 0 saturated carbocycles. The first-order valence-electron chi connectivity index (χ1n) is 12.9. The molecule has 1 aliphatic rings. The number of hydrogen-bond donors (Lipinski definition) is 1. The minimum Gasteiger partial charge on any atom is -0.481 e. The monoisotopic (exact) mass is 551 g/mol. The Balaban J connectivity index is 1.59. The predicted molar refractivity (Wildman–Crippen MR) is 143 cm³/mol. The van der Waals surface area contributed by atoms with Gasteiger partial charge in [0, 0.05) is 49.9 Å². The number of hydrogen-bond acceptors (Lipinski definition) is 5. The zero-order valence-electron chi connectivity index (χ0n) is 22.3. The van der Waals surface area contributed by atoms with Crippen molar-refractivity contribution in [2.45, 2.75) is 33.1 Å². The molecule has 11 heteroatoms. The van der Waals surface area contributed by atoms with E-state index < -0.39 is 23.4 Å². The van der Waals surface area contributed by atoms with Crippen molar-refractivity contribution in [3.8, 4) is 11.3 Å². The fraction of sp³-hybridized carbons (Fsp3) is 0.310. The standard InChI is InChI=1S/C29H28F3N5O3/c1-16-5-4-6-17(2)28(16)35(3)25-15-22(19-12-20(30)27(32)21(31)13-19)33-24-14-23(34-37(24)25)29(40)36-9-7-18(8-10-36)11-26(38)39/h4-6,12-15,18H,7-11H2,1-3H3,(H,38,39). The molecular formula is C29H28F3N5O3. The molecule has 2 aromatic heterocycles. The van der Waals surface area contributed by atoms with E-state index in [4.69, 9.17) is 5.11 Å². The minimum atomic E-state index is -1.57. The van der Waals surface area contributed by atoms with E-state index in [-0.39, 0.29) is 40.8 Å². The number of rotatable bonds is 6. The number of nitrogens with zero attached hydrogens (tertiary/aromatic N) is 5. The number of aryl methyl sites for hydroxylation is 2. The van der Waals surface area contributed by atoms with Gasteiger partial charge in [-0.05, 0) is 55.9 Å². The van der Waals surface area contributed by atoms with Gasteiger partial charge in [-0.2, -0.15) is 9.61 Å². The number of carbonyl (C=O) groups is 2. The number of halogens is 3. The van der Waals surface area contributed by atoms with Gasteiger partial charge in [-0.15, -0.1) is 0 Å². The lowest BCUT2D eigenvalue weighted by molar-refractivity contribution is -0.138. The van der Waals surface area contributed by atoms with Crippen LogP contribution in [0.3, 0.4) is 0 Å². The summed E-state index contributed by atoms with van der Waals surface area (Å²) in [5.74, 6) is -4.92. The number of likely N-dealkylation sites (tertiary alicyclic amines) is 1. The van der Waals surface area contributed by atoms with Gasteiger partial charge in [0.25, 0.3) is 5.91 Å². The van der Waals surface area contributed by atoms with E-state index in [0.29, 0.717) is 31.7 Å². The van der Waals surface area contributed by atoms with Gasteiger partial charge in [0.2, 0.25) is 0 Å². The Labute approximate surface area is 228 Å². The maximum absolute atomic E-state index is 14.1. The van der Waals surface area contributed by atoms with E-state index in [2.05, 4.69) is 10.1 Å². The van der Waals surface area contributed by atoms with Crippen LogP contribution in [0, 0.1) is 37.2 Å². The maximum atomic E-state index is 14.1. The normalized spacial score (nSPS) is 14.1. The van der Waals surface area contributed by atoms with E-state index in [9.17, 15) is 22.8 Å². The number of carbonyl (C=O) groups excluding carboxylic acids is 1. The van der Waals surface area contributed by atoms with Crippen molar-refractivity contribution in [1.29, 1.82) is 0 Å². The molecule has 1 saturated heterocycles. The van der Waals surface area contributed by atoms with Crippen molar-refractivity contribution in [3.63, 3.8) is 0 Å². The van der Waals surface area contributed by atoms with Crippen LogP contribution >= 0.6 is 0 Å². The fourth-order valence-electron chi connectivity index (χ4n) is 5.35. The van der Waals surface area contributed by atoms with Crippen molar-refractivity contribution in [2.75, 3.05) is 25.0 Å². The molecule has 4 aromatic rings. The first-order valence-corrected chi connectivity index (χ1v) is 12.9. The summed E-state index contributed by atoms with van der Waals surface area (Å²) in [7, 11) is 1.82. The molecule has 1 N–H and O–H groups in total. The largest absolute Gasteiger partial charge is 0.481 e. The third-order valence-electron chi connectivity index (χ3n) is 7.39. The molecule has 1 fully saturated rings. The zero-order valence-corrected chi connectivity index (χ0v) is 22.3. The molecule has 0 radical (unpaired) electrons. The molecule has 0 unspecified atom stereocenters. The number of amides is 1. The molecule has 0 spiro atoms.